The van der Waals surface area contributed by atoms with Crippen LogP contribution in [0.2, 0.25) is 0 Å². The van der Waals surface area contributed by atoms with Crippen LogP contribution in [-0.2, 0) is 4.79 Å². The van der Waals surface area contributed by atoms with Crippen LogP contribution >= 0.6 is 0 Å². The predicted octanol–water partition coefficient (Wildman–Crippen LogP) is 3.06. The van der Waals surface area contributed by atoms with Crippen molar-refractivity contribution < 1.29 is 9.53 Å². The zero-order chi connectivity index (χ0) is 15.4. The third-order valence-corrected chi connectivity index (χ3v) is 4.36. The molecule has 1 fully saturated rings. The molecule has 4 nitrogen and oxygen atoms in total. The smallest absolute Gasteiger partial charge is 0.241 e. The third kappa shape index (κ3) is 3.97. The molecule has 2 rings (SSSR count). The number of benzene rings is 1. The van der Waals surface area contributed by atoms with E-state index >= 15 is 0 Å². The lowest BCUT2D eigenvalue weighted by Gasteiger charge is -2.34. The molecule has 0 bridgehead atoms. The van der Waals surface area contributed by atoms with Crippen LogP contribution in [0.25, 0.3) is 0 Å². The molecule has 0 radical (unpaired) electrons. The molecular formula is C17H26N2O2. The van der Waals surface area contributed by atoms with Gasteiger partial charge in [0.1, 0.15) is 5.75 Å². The van der Waals surface area contributed by atoms with E-state index in [1.165, 1.54) is 12.8 Å². The predicted molar refractivity (Wildman–Crippen MR) is 85.8 cm³/mol. The fourth-order valence-electron chi connectivity index (χ4n) is 2.74. The van der Waals surface area contributed by atoms with Crippen molar-refractivity contribution in [3.05, 3.63) is 23.8 Å². The molecule has 21 heavy (non-hydrogen) atoms. The molecule has 0 aliphatic carbocycles. The van der Waals surface area contributed by atoms with E-state index in [0.717, 1.165) is 30.3 Å². The van der Waals surface area contributed by atoms with Crippen LogP contribution in [0.1, 0.15) is 32.3 Å². The van der Waals surface area contributed by atoms with Gasteiger partial charge in [-0.1, -0.05) is 13.0 Å². The lowest BCUT2D eigenvalue weighted by molar-refractivity contribution is -0.121. The minimum absolute atomic E-state index is 0.0356. The molecule has 0 spiro atoms. The number of piperidine rings is 1. The number of carbonyl (C=O) groups is 1. The van der Waals surface area contributed by atoms with Crippen molar-refractivity contribution in [2.75, 3.05) is 25.5 Å². The van der Waals surface area contributed by atoms with Crippen LogP contribution in [0.4, 0.5) is 5.69 Å². The molecule has 1 saturated heterocycles. The number of rotatable bonds is 4. The number of anilines is 1. The number of methoxy groups -OCH3 is 1. The van der Waals surface area contributed by atoms with Gasteiger partial charge in [0.2, 0.25) is 5.91 Å². The number of carbonyl (C=O) groups excluding carboxylic acids is 1. The number of nitrogens with zero attached hydrogens (tertiary/aromatic N) is 1. The van der Waals surface area contributed by atoms with E-state index in [1.807, 2.05) is 32.0 Å². The first-order chi connectivity index (χ1) is 10.0. The molecule has 1 aromatic rings. The lowest BCUT2D eigenvalue weighted by Crippen LogP contribution is -2.45. The highest BCUT2D eigenvalue weighted by Crippen LogP contribution is 2.26. The van der Waals surface area contributed by atoms with Gasteiger partial charge in [-0.25, -0.2) is 0 Å². The highest BCUT2D eigenvalue weighted by atomic mass is 16.5. The summed E-state index contributed by atoms with van der Waals surface area (Å²) in [5.74, 6) is 1.51. The van der Waals surface area contributed by atoms with Gasteiger partial charge in [0.15, 0.2) is 0 Å². The molecule has 4 heteroatoms. The molecule has 0 saturated carbocycles. The summed E-state index contributed by atoms with van der Waals surface area (Å²) in [5.41, 5.74) is 1.85. The molecular weight excluding hydrogens is 264 g/mol. The molecule has 1 aliphatic rings. The molecule has 1 amide bonds. The highest BCUT2D eigenvalue weighted by molar-refractivity contribution is 5.95. The Morgan fingerprint density at radius 3 is 2.67 bits per heavy atom. The zero-order valence-corrected chi connectivity index (χ0v) is 13.5. The molecule has 1 atom stereocenters. The summed E-state index contributed by atoms with van der Waals surface area (Å²) in [6.45, 7) is 8.26. The Kier molecular flexibility index (Phi) is 5.23. The SMILES string of the molecule is COc1ccc(C)cc1NC(=O)[C@@H](C)N1CCC(C)CC1. The maximum absolute atomic E-state index is 12.5. The number of ether oxygens (including phenoxy) is 1. The Morgan fingerprint density at radius 1 is 1.38 bits per heavy atom. The van der Waals surface area contributed by atoms with E-state index in [1.54, 1.807) is 7.11 Å². The molecule has 116 valence electrons. The number of aryl methyl sites for hydroxylation is 1. The number of nitrogens with one attached hydrogen (secondary N) is 1. The van der Waals surface area contributed by atoms with Gasteiger partial charge in [-0.3, -0.25) is 9.69 Å². The largest absolute Gasteiger partial charge is 0.495 e. The normalized spacial score (nSPS) is 18.3. The van der Waals surface area contributed by atoms with Crippen LogP contribution in [0.5, 0.6) is 5.75 Å². The minimum atomic E-state index is -0.109. The Morgan fingerprint density at radius 2 is 2.05 bits per heavy atom. The van der Waals surface area contributed by atoms with Gasteiger partial charge >= 0.3 is 0 Å². The summed E-state index contributed by atoms with van der Waals surface area (Å²) in [7, 11) is 1.62. The van der Waals surface area contributed by atoms with Crippen molar-refractivity contribution in [1.29, 1.82) is 0 Å². The number of amides is 1. The number of likely N-dealkylation sites (tertiary alicyclic amines) is 1. The average Bonchev–Trinajstić information content (AvgIpc) is 2.47. The number of hydrogen-bond donors (Lipinski definition) is 1. The quantitative estimate of drug-likeness (QED) is 0.926. The van der Waals surface area contributed by atoms with Crippen molar-refractivity contribution in [1.82, 2.24) is 4.90 Å². The van der Waals surface area contributed by atoms with E-state index < -0.39 is 0 Å². The highest BCUT2D eigenvalue weighted by Gasteiger charge is 2.25. The van der Waals surface area contributed by atoms with E-state index in [9.17, 15) is 4.79 Å². The Labute approximate surface area is 127 Å². The van der Waals surface area contributed by atoms with Crippen molar-refractivity contribution in [3.8, 4) is 5.75 Å². The Bertz CT molecular complexity index is 494. The fraction of sp³-hybridized carbons (Fsp3) is 0.588. The van der Waals surface area contributed by atoms with Gasteiger partial charge in [0.25, 0.3) is 0 Å². The second kappa shape index (κ2) is 6.94. The van der Waals surface area contributed by atoms with Gasteiger partial charge in [0, 0.05) is 0 Å². The van der Waals surface area contributed by atoms with Crippen LogP contribution < -0.4 is 10.1 Å². The first kappa shape index (κ1) is 15.8. The first-order valence-corrected chi connectivity index (χ1v) is 7.71. The van der Waals surface area contributed by atoms with Crippen LogP contribution in [0.3, 0.4) is 0 Å². The van der Waals surface area contributed by atoms with E-state index in [4.69, 9.17) is 4.74 Å². The third-order valence-electron chi connectivity index (χ3n) is 4.36. The maximum atomic E-state index is 12.5. The zero-order valence-electron chi connectivity index (χ0n) is 13.5. The van der Waals surface area contributed by atoms with Gasteiger partial charge in [-0.15, -0.1) is 0 Å². The van der Waals surface area contributed by atoms with E-state index in [0.29, 0.717) is 5.75 Å². The molecule has 1 heterocycles. The van der Waals surface area contributed by atoms with E-state index in [2.05, 4.69) is 17.1 Å². The average molecular weight is 290 g/mol. The second-order valence-electron chi connectivity index (χ2n) is 6.09. The standard InChI is InChI=1S/C17H26N2O2/c1-12-7-9-19(10-8-12)14(3)17(20)18-15-11-13(2)5-6-16(15)21-4/h5-6,11-12,14H,7-10H2,1-4H3,(H,18,20)/t14-/m1/s1. The van der Waals surface area contributed by atoms with Gasteiger partial charge in [-0.2, -0.15) is 0 Å². The van der Waals surface area contributed by atoms with Crippen molar-refractivity contribution in [3.63, 3.8) is 0 Å². The van der Waals surface area contributed by atoms with Gasteiger partial charge in [-0.05, 0) is 63.4 Å². The molecule has 1 aromatic carbocycles. The fourth-order valence-corrected chi connectivity index (χ4v) is 2.74. The number of hydrogen-bond acceptors (Lipinski definition) is 3. The Hall–Kier alpha value is -1.55. The van der Waals surface area contributed by atoms with Crippen molar-refractivity contribution in [2.24, 2.45) is 5.92 Å². The van der Waals surface area contributed by atoms with Gasteiger partial charge in [0.05, 0.1) is 18.8 Å². The summed E-state index contributed by atoms with van der Waals surface area (Å²) >= 11 is 0. The minimum Gasteiger partial charge on any atom is -0.495 e. The molecule has 0 unspecified atom stereocenters. The van der Waals surface area contributed by atoms with Crippen LogP contribution in [-0.4, -0.2) is 37.0 Å². The maximum Gasteiger partial charge on any atom is 0.241 e. The van der Waals surface area contributed by atoms with E-state index in [-0.39, 0.29) is 11.9 Å². The summed E-state index contributed by atoms with van der Waals surface area (Å²) in [6, 6.07) is 5.70. The summed E-state index contributed by atoms with van der Waals surface area (Å²) < 4.78 is 5.31. The second-order valence-corrected chi connectivity index (χ2v) is 6.09. The summed E-state index contributed by atoms with van der Waals surface area (Å²) in [4.78, 5) is 14.7. The monoisotopic (exact) mass is 290 g/mol. The van der Waals surface area contributed by atoms with Crippen molar-refractivity contribution >= 4 is 11.6 Å². The topological polar surface area (TPSA) is 41.6 Å². The first-order valence-electron chi connectivity index (χ1n) is 7.71. The van der Waals surface area contributed by atoms with Crippen LogP contribution in [0, 0.1) is 12.8 Å². The van der Waals surface area contributed by atoms with Crippen LogP contribution in [0.15, 0.2) is 18.2 Å². The summed E-state index contributed by atoms with van der Waals surface area (Å²) in [5, 5.41) is 3.00. The summed E-state index contributed by atoms with van der Waals surface area (Å²) in [6.07, 6.45) is 2.34. The van der Waals surface area contributed by atoms with Gasteiger partial charge < -0.3 is 10.1 Å². The molecule has 1 N–H and O–H groups in total. The molecule has 1 aliphatic heterocycles. The molecule has 0 aromatic heterocycles. The Balaban J connectivity index is 2.02. The lowest BCUT2D eigenvalue weighted by atomic mass is 9.98. The van der Waals surface area contributed by atoms with Crippen molar-refractivity contribution in [2.45, 2.75) is 39.7 Å².